The van der Waals surface area contributed by atoms with E-state index < -0.39 is 0 Å². The van der Waals surface area contributed by atoms with E-state index in [9.17, 15) is 9.18 Å². The first-order chi connectivity index (χ1) is 14.1. The SMILES string of the molecule is CN(CCNC(=O)c1nn(-c2ccccc2F)c2c1CCC2)Cc1ccccc1. The summed E-state index contributed by atoms with van der Waals surface area (Å²) in [5.41, 5.74) is 3.95. The van der Waals surface area contributed by atoms with Crippen LogP contribution < -0.4 is 5.32 Å². The maximum absolute atomic E-state index is 14.3. The van der Waals surface area contributed by atoms with Crippen molar-refractivity contribution >= 4 is 5.91 Å². The van der Waals surface area contributed by atoms with Gasteiger partial charge in [-0.1, -0.05) is 42.5 Å². The van der Waals surface area contributed by atoms with Gasteiger partial charge in [-0.15, -0.1) is 0 Å². The van der Waals surface area contributed by atoms with Crippen LogP contribution in [0.4, 0.5) is 4.39 Å². The maximum Gasteiger partial charge on any atom is 0.272 e. The van der Waals surface area contributed by atoms with Crippen molar-refractivity contribution in [2.24, 2.45) is 0 Å². The number of carbonyl (C=O) groups is 1. The lowest BCUT2D eigenvalue weighted by atomic mass is 10.2. The molecule has 1 amide bonds. The minimum atomic E-state index is -0.334. The normalized spacial score (nSPS) is 12.9. The van der Waals surface area contributed by atoms with Crippen molar-refractivity contribution in [3.8, 4) is 5.69 Å². The third-order valence-electron chi connectivity index (χ3n) is 5.30. The van der Waals surface area contributed by atoms with Gasteiger partial charge in [0.2, 0.25) is 0 Å². The zero-order valence-electron chi connectivity index (χ0n) is 16.6. The number of rotatable bonds is 7. The van der Waals surface area contributed by atoms with Gasteiger partial charge >= 0.3 is 0 Å². The smallest absolute Gasteiger partial charge is 0.272 e. The number of likely N-dealkylation sites (N-methyl/N-ethyl adjacent to an activating group) is 1. The van der Waals surface area contributed by atoms with E-state index in [1.165, 1.54) is 11.6 Å². The third-order valence-corrected chi connectivity index (χ3v) is 5.30. The molecular formula is C23H25FN4O. The van der Waals surface area contributed by atoms with E-state index in [1.54, 1.807) is 22.9 Å². The molecule has 4 rings (SSSR count). The Kier molecular flexibility index (Phi) is 5.71. The number of carbonyl (C=O) groups excluding carboxylic acids is 1. The largest absolute Gasteiger partial charge is 0.349 e. The van der Waals surface area contributed by atoms with E-state index in [-0.39, 0.29) is 11.7 Å². The molecule has 2 aromatic carbocycles. The highest BCUT2D eigenvalue weighted by Gasteiger charge is 2.27. The zero-order valence-corrected chi connectivity index (χ0v) is 16.6. The number of halogens is 1. The summed E-state index contributed by atoms with van der Waals surface area (Å²) in [6, 6.07) is 16.8. The molecule has 5 nitrogen and oxygen atoms in total. The number of nitrogens with zero attached hydrogens (tertiary/aromatic N) is 3. The number of amides is 1. The lowest BCUT2D eigenvalue weighted by Gasteiger charge is -2.16. The first kappa shape index (κ1) is 19.3. The minimum Gasteiger partial charge on any atom is -0.349 e. The standard InChI is InChI=1S/C23H25FN4O/c1-27(16-17-8-3-2-4-9-17)15-14-25-23(29)22-18-10-7-13-20(18)28(26-22)21-12-6-5-11-19(21)24/h2-6,8-9,11-12H,7,10,13-16H2,1H3,(H,25,29). The molecule has 0 fully saturated rings. The molecule has 1 aliphatic carbocycles. The Morgan fingerprint density at radius 3 is 2.69 bits per heavy atom. The third kappa shape index (κ3) is 4.22. The summed E-state index contributed by atoms with van der Waals surface area (Å²) in [5, 5.41) is 7.45. The second kappa shape index (κ2) is 8.57. The highest BCUT2D eigenvalue weighted by atomic mass is 19.1. The second-order valence-electron chi connectivity index (χ2n) is 7.47. The van der Waals surface area contributed by atoms with Crippen molar-refractivity contribution in [3.05, 3.63) is 82.9 Å². The number of aromatic nitrogens is 2. The average molecular weight is 392 g/mol. The summed E-state index contributed by atoms with van der Waals surface area (Å²) < 4.78 is 15.9. The molecule has 29 heavy (non-hydrogen) atoms. The molecule has 0 atom stereocenters. The number of hydrogen-bond acceptors (Lipinski definition) is 3. The van der Waals surface area contributed by atoms with Gasteiger partial charge in [-0.3, -0.25) is 4.79 Å². The van der Waals surface area contributed by atoms with Crippen LogP contribution in [-0.2, 0) is 19.4 Å². The van der Waals surface area contributed by atoms with Crippen LogP contribution in [-0.4, -0.2) is 40.7 Å². The minimum absolute atomic E-state index is 0.189. The van der Waals surface area contributed by atoms with Crippen LogP contribution in [0, 0.1) is 5.82 Å². The Morgan fingerprint density at radius 2 is 1.90 bits per heavy atom. The summed E-state index contributed by atoms with van der Waals surface area (Å²) >= 11 is 0. The highest BCUT2D eigenvalue weighted by Crippen LogP contribution is 2.28. The monoisotopic (exact) mass is 392 g/mol. The Balaban J connectivity index is 1.42. The fourth-order valence-corrected chi connectivity index (χ4v) is 3.86. The fourth-order valence-electron chi connectivity index (χ4n) is 3.86. The predicted octanol–water partition coefficient (Wildman–Crippen LogP) is 3.36. The lowest BCUT2D eigenvalue weighted by Crippen LogP contribution is -2.33. The van der Waals surface area contributed by atoms with Gasteiger partial charge in [0.1, 0.15) is 11.5 Å². The molecule has 150 valence electrons. The molecule has 1 N–H and O–H groups in total. The van der Waals surface area contributed by atoms with E-state index in [1.807, 2.05) is 25.2 Å². The van der Waals surface area contributed by atoms with E-state index in [0.717, 1.165) is 43.6 Å². The molecule has 0 aliphatic heterocycles. The Hall–Kier alpha value is -2.99. The van der Waals surface area contributed by atoms with Gasteiger partial charge in [0.05, 0.1) is 0 Å². The summed E-state index contributed by atoms with van der Waals surface area (Å²) in [6.07, 6.45) is 2.58. The van der Waals surface area contributed by atoms with Crippen LogP contribution in [0.3, 0.4) is 0 Å². The van der Waals surface area contributed by atoms with E-state index >= 15 is 0 Å². The first-order valence-corrected chi connectivity index (χ1v) is 10.00. The second-order valence-corrected chi connectivity index (χ2v) is 7.47. The maximum atomic E-state index is 14.3. The fraction of sp³-hybridized carbons (Fsp3) is 0.304. The van der Waals surface area contributed by atoms with Crippen molar-refractivity contribution in [2.45, 2.75) is 25.8 Å². The summed E-state index contributed by atoms with van der Waals surface area (Å²) in [6.45, 7) is 2.09. The molecule has 1 heterocycles. The van der Waals surface area contributed by atoms with Crippen LogP contribution in [0.15, 0.2) is 54.6 Å². The van der Waals surface area contributed by atoms with Gasteiger partial charge in [0.15, 0.2) is 5.69 Å². The average Bonchev–Trinajstić information content (AvgIpc) is 3.32. The number of nitrogens with one attached hydrogen (secondary N) is 1. The van der Waals surface area contributed by atoms with Gasteiger partial charge in [-0.2, -0.15) is 5.10 Å². The van der Waals surface area contributed by atoms with Crippen LogP contribution in [0.25, 0.3) is 5.69 Å². The molecule has 1 aliphatic rings. The molecular weight excluding hydrogens is 367 g/mol. The summed E-state index contributed by atoms with van der Waals surface area (Å²) in [7, 11) is 2.03. The molecule has 0 spiro atoms. The first-order valence-electron chi connectivity index (χ1n) is 10.00. The van der Waals surface area contributed by atoms with Crippen molar-refractivity contribution < 1.29 is 9.18 Å². The van der Waals surface area contributed by atoms with Gasteiger partial charge in [-0.25, -0.2) is 9.07 Å². The Morgan fingerprint density at radius 1 is 1.14 bits per heavy atom. The van der Waals surface area contributed by atoms with E-state index in [0.29, 0.717) is 17.9 Å². The topological polar surface area (TPSA) is 50.2 Å². The quantitative estimate of drug-likeness (QED) is 0.671. The van der Waals surface area contributed by atoms with Crippen molar-refractivity contribution in [1.82, 2.24) is 20.0 Å². The Bertz CT molecular complexity index is 999. The molecule has 0 saturated heterocycles. The number of hydrogen-bond donors (Lipinski definition) is 1. The number of fused-ring (bicyclic) bond motifs is 1. The van der Waals surface area contributed by atoms with Crippen LogP contribution in [0.5, 0.6) is 0 Å². The number of benzene rings is 2. The van der Waals surface area contributed by atoms with Crippen LogP contribution in [0.1, 0.15) is 33.7 Å². The van der Waals surface area contributed by atoms with Gasteiger partial charge in [0.25, 0.3) is 5.91 Å². The zero-order chi connectivity index (χ0) is 20.2. The van der Waals surface area contributed by atoms with Crippen molar-refractivity contribution in [2.75, 3.05) is 20.1 Å². The van der Waals surface area contributed by atoms with Gasteiger partial charge in [0, 0.05) is 30.9 Å². The van der Waals surface area contributed by atoms with Gasteiger partial charge < -0.3 is 10.2 Å². The van der Waals surface area contributed by atoms with Gasteiger partial charge in [-0.05, 0) is 44.0 Å². The predicted molar refractivity (Wildman–Crippen MR) is 111 cm³/mol. The van der Waals surface area contributed by atoms with Crippen LogP contribution in [0.2, 0.25) is 0 Å². The molecule has 3 aromatic rings. The lowest BCUT2D eigenvalue weighted by molar-refractivity contribution is 0.0943. The molecule has 0 radical (unpaired) electrons. The summed E-state index contributed by atoms with van der Waals surface area (Å²) in [5.74, 6) is -0.523. The number of para-hydroxylation sites is 1. The summed E-state index contributed by atoms with van der Waals surface area (Å²) in [4.78, 5) is 14.9. The highest BCUT2D eigenvalue weighted by molar-refractivity contribution is 5.94. The van der Waals surface area contributed by atoms with Crippen molar-refractivity contribution in [3.63, 3.8) is 0 Å². The van der Waals surface area contributed by atoms with E-state index in [4.69, 9.17) is 0 Å². The molecule has 6 heteroatoms. The molecule has 0 saturated carbocycles. The molecule has 0 bridgehead atoms. The molecule has 0 unspecified atom stereocenters. The van der Waals surface area contributed by atoms with Crippen molar-refractivity contribution in [1.29, 1.82) is 0 Å². The Labute approximate surface area is 170 Å². The van der Waals surface area contributed by atoms with E-state index in [2.05, 4.69) is 27.4 Å². The molecule has 1 aromatic heterocycles. The van der Waals surface area contributed by atoms with Crippen LogP contribution >= 0.6 is 0 Å².